The molecule has 0 radical (unpaired) electrons. The van der Waals surface area contributed by atoms with E-state index in [1.807, 2.05) is 24.3 Å². The van der Waals surface area contributed by atoms with Crippen LogP contribution in [0.3, 0.4) is 0 Å². The van der Waals surface area contributed by atoms with Crippen LogP contribution in [0.2, 0.25) is 0 Å². The molecule has 1 aliphatic rings. The lowest BCUT2D eigenvalue weighted by atomic mass is 9.89. The number of benzene rings is 1. The maximum absolute atomic E-state index is 10.0. The van der Waals surface area contributed by atoms with E-state index in [1.54, 1.807) is 12.3 Å². The highest BCUT2D eigenvalue weighted by Crippen LogP contribution is 2.32. The van der Waals surface area contributed by atoms with Gasteiger partial charge in [-0.25, -0.2) is 4.98 Å². The average molecular weight is 280 g/mol. The Morgan fingerprint density at radius 3 is 3.14 bits per heavy atom. The van der Waals surface area contributed by atoms with Gasteiger partial charge in [0, 0.05) is 11.8 Å². The van der Waals surface area contributed by atoms with Crippen LogP contribution in [0.15, 0.2) is 36.5 Å². The molecule has 0 bridgehead atoms. The van der Waals surface area contributed by atoms with Crippen LogP contribution in [0.25, 0.3) is 0 Å². The van der Waals surface area contributed by atoms with Crippen molar-refractivity contribution in [1.82, 2.24) is 4.98 Å². The van der Waals surface area contributed by atoms with E-state index in [-0.39, 0.29) is 0 Å². The fourth-order valence-electron chi connectivity index (χ4n) is 2.66. The van der Waals surface area contributed by atoms with Gasteiger partial charge in [-0.3, -0.25) is 0 Å². The summed E-state index contributed by atoms with van der Waals surface area (Å²) in [5.74, 6) is 0.711. The predicted molar refractivity (Wildman–Crippen MR) is 77.6 cm³/mol. The van der Waals surface area contributed by atoms with E-state index in [0.29, 0.717) is 18.1 Å². The van der Waals surface area contributed by atoms with Gasteiger partial charge < -0.3 is 9.84 Å². The molecule has 1 aromatic heterocycles. The van der Waals surface area contributed by atoms with Gasteiger partial charge in [0.05, 0.1) is 6.10 Å². The molecule has 1 atom stereocenters. The molecule has 0 spiro atoms. The summed E-state index contributed by atoms with van der Waals surface area (Å²) < 4.78 is 5.75. The number of nitriles is 1. The van der Waals surface area contributed by atoms with Crippen LogP contribution in [0, 0.1) is 11.3 Å². The maximum atomic E-state index is 10.0. The van der Waals surface area contributed by atoms with Crippen LogP contribution in [0.4, 0.5) is 0 Å². The number of ether oxygens (including phenoxy) is 1. The van der Waals surface area contributed by atoms with Gasteiger partial charge in [0.2, 0.25) is 0 Å². The van der Waals surface area contributed by atoms with Crippen molar-refractivity contribution in [3.8, 4) is 11.8 Å². The van der Waals surface area contributed by atoms with Gasteiger partial charge in [-0.05, 0) is 48.6 Å². The Balaban J connectivity index is 1.77. The number of aromatic nitrogens is 1. The van der Waals surface area contributed by atoms with Gasteiger partial charge in [-0.2, -0.15) is 5.26 Å². The Labute approximate surface area is 123 Å². The van der Waals surface area contributed by atoms with E-state index in [0.717, 1.165) is 30.4 Å². The van der Waals surface area contributed by atoms with Crippen LogP contribution in [-0.4, -0.2) is 10.1 Å². The summed E-state index contributed by atoms with van der Waals surface area (Å²) in [5.41, 5.74) is 3.30. The van der Waals surface area contributed by atoms with Gasteiger partial charge in [0.1, 0.15) is 24.1 Å². The van der Waals surface area contributed by atoms with Crippen molar-refractivity contribution in [2.75, 3.05) is 0 Å². The van der Waals surface area contributed by atoms with Crippen LogP contribution in [-0.2, 0) is 13.0 Å². The zero-order valence-electron chi connectivity index (χ0n) is 11.6. The number of pyridine rings is 1. The van der Waals surface area contributed by atoms with Gasteiger partial charge in [0.15, 0.2) is 0 Å². The van der Waals surface area contributed by atoms with Crippen LogP contribution in [0.5, 0.6) is 5.75 Å². The first-order valence-electron chi connectivity index (χ1n) is 7.05. The van der Waals surface area contributed by atoms with Crippen LogP contribution >= 0.6 is 0 Å². The van der Waals surface area contributed by atoms with E-state index < -0.39 is 6.10 Å². The highest BCUT2D eigenvalue weighted by Gasteiger charge is 2.18. The number of aliphatic hydroxyl groups excluding tert-OH is 1. The molecule has 1 aliphatic carbocycles. The van der Waals surface area contributed by atoms with Gasteiger partial charge in [0.25, 0.3) is 0 Å². The van der Waals surface area contributed by atoms with E-state index >= 15 is 0 Å². The molecule has 4 heteroatoms. The van der Waals surface area contributed by atoms with Crippen molar-refractivity contribution in [1.29, 1.82) is 5.26 Å². The molecule has 2 aromatic rings. The first-order chi connectivity index (χ1) is 10.3. The summed E-state index contributed by atoms with van der Waals surface area (Å²) in [4.78, 5) is 4.01. The molecule has 106 valence electrons. The van der Waals surface area contributed by atoms with Crippen molar-refractivity contribution >= 4 is 0 Å². The fourth-order valence-corrected chi connectivity index (χ4v) is 2.66. The average Bonchev–Trinajstić information content (AvgIpc) is 2.54. The molecular formula is C17H16N2O2. The molecule has 1 aromatic carbocycles. The highest BCUT2D eigenvalue weighted by molar-refractivity contribution is 5.39. The number of aryl methyl sites for hydroxylation is 1. The molecule has 0 fully saturated rings. The molecule has 4 nitrogen and oxygen atoms in total. The van der Waals surface area contributed by atoms with Crippen molar-refractivity contribution in [2.45, 2.75) is 32.0 Å². The third-order valence-corrected chi connectivity index (χ3v) is 3.79. The lowest BCUT2D eigenvalue weighted by Crippen LogP contribution is -2.09. The minimum Gasteiger partial charge on any atom is -0.489 e. The molecule has 0 aliphatic heterocycles. The van der Waals surface area contributed by atoms with Crippen LogP contribution in [0.1, 0.15) is 41.3 Å². The Morgan fingerprint density at radius 1 is 1.38 bits per heavy atom. The Morgan fingerprint density at radius 2 is 2.29 bits per heavy atom. The van der Waals surface area contributed by atoms with Crippen LogP contribution < -0.4 is 4.74 Å². The molecule has 21 heavy (non-hydrogen) atoms. The van der Waals surface area contributed by atoms with Crippen molar-refractivity contribution < 1.29 is 9.84 Å². The Bertz CT molecular complexity index is 691. The quantitative estimate of drug-likeness (QED) is 0.938. The van der Waals surface area contributed by atoms with Gasteiger partial charge in [-0.15, -0.1) is 0 Å². The zero-order valence-corrected chi connectivity index (χ0v) is 11.6. The first-order valence-corrected chi connectivity index (χ1v) is 7.05. The number of nitrogens with zero attached hydrogens (tertiary/aromatic N) is 2. The lowest BCUT2D eigenvalue weighted by Gasteiger charge is -2.22. The largest absolute Gasteiger partial charge is 0.489 e. The third-order valence-electron chi connectivity index (χ3n) is 3.79. The number of rotatable bonds is 3. The maximum Gasteiger partial charge on any atom is 0.147 e. The monoisotopic (exact) mass is 280 g/mol. The second kappa shape index (κ2) is 5.94. The molecule has 0 unspecified atom stereocenters. The smallest absolute Gasteiger partial charge is 0.147 e. The van der Waals surface area contributed by atoms with Crippen molar-refractivity contribution in [3.63, 3.8) is 0 Å². The van der Waals surface area contributed by atoms with E-state index in [2.05, 4.69) is 11.1 Å². The molecule has 3 rings (SSSR count). The van der Waals surface area contributed by atoms with Crippen molar-refractivity contribution in [3.05, 3.63) is 58.9 Å². The minimum absolute atomic E-state index is 0.297. The van der Waals surface area contributed by atoms with E-state index in [4.69, 9.17) is 10.00 Å². The zero-order chi connectivity index (χ0) is 14.7. The molecular weight excluding hydrogens is 264 g/mol. The number of fused-ring (bicyclic) bond motifs is 1. The predicted octanol–water partition coefficient (Wildman–Crippen LogP) is 2.90. The summed E-state index contributed by atoms with van der Waals surface area (Å²) in [6.07, 6.45) is 4.03. The summed E-state index contributed by atoms with van der Waals surface area (Å²) >= 11 is 0. The second-order valence-corrected chi connectivity index (χ2v) is 5.18. The van der Waals surface area contributed by atoms with Gasteiger partial charge in [-0.1, -0.05) is 12.1 Å². The van der Waals surface area contributed by atoms with Crippen molar-refractivity contribution in [2.24, 2.45) is 0 Å². The minimum atomic E-state index is -0.398. The van der Waals surface area contributed by atoms with Gasteiger partial charge >= 0.3 is 0 Å². The third kappa shape index (κ3) is 2.88. The van der Waals surface area contributed by atoms with E-state index in [9.17, 15) is 5.11 Å². The topological polar surface area (TPSA) is 66.1 Å². The Hall–Kier alpha value is -2.38. The standard InChI is InChI=1S/C17H16N2O2/c18-10-16-13(4-2-8-19-16)11-21-14-7-6-12-3-1-5-17(20)15(12)9-14/h2,4,6-9,17,20H,1,3,5,11H2/t17-/m1/s1. The molecule has 1 heterocycles. The Kier molecular flexibility index (Phi) is 3.85. The highest BCUT2D eigenvalue weighted by atomic mass is 16.5. The lowest BCUT2D eigenvalue weighted by molar-refractivity contribution is 0.156. The number of hydrogen-bond donors (Lipinski definition) is 1. The molecule has 0 amide bonds. The summed E-state index contributed by atoms with van der Waals surface area (Å²) in [5, 5.41) is 19.1. The summed E-state index contributed by atoms with van der Waals surface area (Å²) in [7, 11) is 0. The molecule has 0 saturated heterocycles. The molecule has 0 saturated carbocycles. The fraction of sp³-hybridized carbons (Fsp3) is 0.294. The normalized spacial score (nSPS) is 16.9. The van der Waals surface area contributed by atoms with E-state index in [1.165, 1.54) is 5.56 Å². The summed E-state index contributed by atoms with van der Waals surface area (Å²) in [6, 6.07) is 11.5. The summed E-state index contributed by atoms with van der Waals surface area (Å²) in [6.45, 7) is 0.297. The molecule has 1 N–H and O–H groups in total. The first kappa shape index (κ1) is 13.6. The number of aliphatic hydroxyl groups is 1. The number of hydrogen-bond acceptors (Lipinski definition) is 4. The second-order valence-electron chi connectivity index (χ2n) is 5.18. The SMILES string of the molecule is N#Cc1ncccc1COc1ccc2c(c1)[C@H](O)CCC2.